The number of nitro groups is 1. The van der Waals surface area contributed by atoms with Crippen molar-refractivity contribution in [1.29, 1.82) is 0 Å². The summed E-state index contributed by atoms with van der Waals surface area (Å²) in [6.45, 7) is 1.32. The molecule has 0 aromatic heterocycles. The second-order valence-corrected chi connectivity index (χ2v) is 7.28. The van der Waals surface area contributed by atoms with E-state index in [1.807, 2.05) is 41.4 Å². The number of ether oxygens (including phenoxy) is 1. The number of hydrogen-bond donors (Lipinski definition) is 0. The van der Waals surface area contributed by atoms with Crippen LogP contribution >= 0.6 is 0 Å². The van der Waals surface area contributed by atoms with E-state index < -0.39 is 0 Å². The van der Waals surface area contributed by atoms with Crippen molar-refractivity contribution in [1.82, 2.24) is 5.01 Å². The van der Waals surface area contributed by atoms with Crippen LogP contribution in [-0.4, -0.2) is 36.0 Å². The van der Waals surface area contributed by atoms with E-state index in [1.54, 1.807) is 30.3 Å². The Bertz CT molecular complexity index is 1080. The lowest BCUT2D eigenvalue weighted by atomic mass is 10.1. The van der Waals surface area contributed by atoms with E-state index >= 15 is 0 Å². The molecule has 1 amide bonds. The van der Waals surface area contributed by atoms with Crippen LogP contribution in [0.25, 0.3) is 10.8 Å². The summed E-state index contributed by atoms with van der Waals surface area (Å²) in [7, 11) is 1.61. The molecule has 1 aliphatic heterocycles. The number of nitrogens with zero attached hydrogens (tertiary/aromatic N) is 3. The van der Waals surface area contributed by atoms with Gasteiger partial charge in [-0.05, 0) is 42.7 Å². The van der Waals surface area contributed by atoms with Gasteiger partial charge in [-0.2, -0.15) is 0 Å². The van der Waals surface area contributed by atoms with Crippen molar-refractivity contribution >= 4 is 28.1 Å². The molecule has 3 aromatic rings. The molecule has 0 aliphatic carbocycles. The lowest BCUT2D eigenvalue weighted by Crippen LogP contribution is -2.51. The van der Waals surface area contributed by atoms with Gasteiger partial charge in [-0.15, -0.1) is 0 Å². The molecule has 7 heteroatoms. The molecule has 0 spiro atoms. The van der Waals surface area contributed by atoms with Gasteiger partial charge in [0.25, 0.3) is 5.69 Å². The minimum Gasteiger partial charge on any atom is -0.497 e. The fourth-order valence-electron chi connectivity index (χ4n) is 3.94. The molecule has 3 aromatic carbocycles. The molecule has 0 N–H and O–H groups in total. The van der Waals surface area contributed by atoms with E-state index in [9.17, 15) is 14.9 Å². The summed E-state index contributed by atoms with van der Waals surface area (Å²) in [5, 5.41) is 16.5. The van der Waals surface area contributed by atoms with Gasteiger partial charge in [0, 0.05) is 24.5 Å². The van der Waals surface area contributed by atoms with Crippen LogP contribution in [0.1, 0.15) is 18.4 Å². The standard InChI is InChI=1S/C23H23N3O4/c1-30-18-10-8-17(9-11-18)16-23(27)25-15-5-4-14-24(25)21-12-13-22(26(28)29)20-7-3-2-6-19(20)21/h2-3,6-13H,4-5,14-16H2,1H3. The topological polar surface area (TPSA) is 75.9 Å². The highest BCUT2D eigenvalue weighted by atomic mass is 16.6. The Hall–Kier alpha value is -3.61. The zero-order chi connectivity index (χ0) is 21.1. The molecular formula is C23H23N3O4. The zero-order valence-electron chi connectivity index (χ0n) is 16.8. The Balaban J connectivity index is 1.66. The quantitative estimate of drug-likeness (QED) is 0.466. The highest BCUT2D eigenvalue weighted by Gasteiger charge is 2.27. The number of fused-ring (bicyclic) bond motifs is 1. The Morgan fingerprint density at radius 3 is 2.40 bits per heavy atom. The SMILES string of the molecule is COc1ccc(CC(=O)N2CCCCN2c2ccc([N+](=O)[O-])c3ccccc23)cc1. The number of hydrogen-bond acceptors (Lipinski definition) is 5. The Morgan fingerprint density at radius 1 is 1.00 bits per heavy atom. The number of anilines is 1. The number of carbonyl (C=O) groups is 1. The lowest BCUT2D eigenvalue weighted by Gasteiger charge is -2.40. The third kappa shape index (κ3) is 3.78. The van der Waals surface area contributed by atoms with Crippen molar-refractivity contribution in [3.63, 3.8) is 0 Å². The molecule has 154 valence electrons. The number of amides is 1. The van der Waals surface area contributed by atoms with Crippen molar-refractivity contribution in [2.75, 3.05) is 25.2 Å². The number of non-ortho nitro benzene ring substituents is 1. The third-order valence-corrected chi connectivity index (χ3v) is 5.44. The molecule has 7 nitrogen and oxygen atoms in total. The molecule has 1 aliphatic rings. The Morgan fingerprint density at radius 2 is 1.70 bits per heavy atom. The molecule has 1 saturated heterocycles. The van der Waals surface area contributed by atoms with Gasteiger partial charge in [0.05, 0.1) is 29.5 Å². The highest BCUT2D eigenvalue weighted by Crippen LogP contribution is 2.35. The molecule has 4 rings (SSSR count). The first kappa shape index (κ1) is 19.7. The Labute approximate surface area is 174 Å². The first-order valence-corrected chi connectivity index (χ1v) is 9.95. The van der Waals surface area contributed by atoms with Crippen molar-refractivity contribution in [3.8, 4) is 5.75 Å². The number of nitro benzene ring substituents is 1. The number of carbonyl (C=O) groups excluding carboxylic acids is 1. The minimum atomic E-state index is -0.366. The molecule has 0 atom stereocenters. The zero-order valence-corrected chi connectivity index (χ0v) is 16.8. The molecule has 1 fully saturated rings. The summed E-state index contributed by atoms with van der Waals surface area (Å²) in [6.07, 6.45) is 2.17. The number of rotatable bonds is 5. The largest absolute Gasteiger partial charge is 0.497 e. The second-order valence-electron chi connectivity index (χ2n) is 7.28. The predicted octanol–water partition coefficient (Wildman–Crippen LogP) is 4.34. The minimum absolute atomic E-state index is 0.00213. The fraction of sp³-hybridized carbons (Fsp3) is 0.261. The van der Waals surface area contributed by atoms with Gasteiger partial charge in [0.1, 0.15) is 5.75 Å². The van der Waals surface area contributed by atoms with E-state index in [2.05, 4.69) is 0 Å². The van der Waals surface area contributed by atoms with Crippen LogP contribution in [0.15, 0.2) is 60.7 Å². The van der Waals surface area contributed by atoms with Crippen LogP contribution in [0.3, 0.4) is 0 Å². The molecule has 0 bridgehead atoms. The molecule has 1 heterocycles. The first-order chi connectivity index (χ1) is 14.6. The Kier molecular flexibility index (Phi) is 5.52. The highest BCUT2D eigenvalue weighted by molar-refractivity contribution is 6.00. The van der Waals surface area contributed by atoms with Crippen molar-refractivity contribution < 1.29 is 14.5 Å². The van der Waals surface area contributed by atoms with Crippen LogP contribution in [0.5, 0.6) is 5.75 Å². The van der Waals surface area contributed by atoms with Crippen molar-refractivity contribution in [2.45, 2.75) is 19.3 Å². The van der Waals surface area contributed by atoms with Crippen molar-refractivity contribution in [3.05, 3.63) is 76.3 Å². The summed E-state index contributed by atoms with van der Waals surface area (Å²) < 4.78 is 5.18. The number of benzene rings is 3. The third-order valence-electron chi connectivity index (χ3n) is 5.44. The number of hydrazine groups is 1. The van der Waals surface area contributed by atoms with E-state index in [-0.39, 0.29) is 22.9 Å². The summed E-state index contributed by atoms with van der Waals surface area (Å²) >= 11 is 0. The monoisotopic (exact) mass is 405 g/mol. The van der Waals surface area contributed by atoms with E-state index in [0.717, 1.165) is 35.2 Å². The summed E-state index contributed by atoms with van der Waals surface area (Å²) in [4.78, 5) is 24.2. The summed E-state index contributed by atoms with van der Waals surface area (Å²) in [6, 6.07) is 18.0. The maximum absolute atomic E-state index is 13.2. The van der Waals surface area contributed by atoms with Gasteiger partial charge in [-0.3, -0.25) is 24.9 Å². The normalized spacial score (nSPS) is 14.0. The van der Waals surface area contributed by atoms with E-state index in [0.29, 0.717) is 18.5 Å². The van der Waals surface area contributed by atoms with Crippen molar-refractivity contribution in [2.24, 2.45) is 0 Å². The smallest absolute Gasteiger partial charge is 0.277 e. The van der Waals surface area contributed by atoms with Crippen LogP contribution < -0.4 is 9.75 Å². The van der Waals surface area contributed by atoms with Gasteiger partial charge in [0.15, 0.2) is 0 Å². The van der Waals surface area contributed by atoms with Crippen LogP contribution in [0, 0.1) is 10.1 Å². The van der Waals surface area contributed by atoms with Gasteiger partial charge in [0.2, 0.25) is 5.91 Å². The predicted molar refractivity (Wildman–Crippen MR) is 116 cm³/mol. The van der Waals surface area contributed by atoms with Gasteiger partial charge in [-0.1, -0.05) is 30.3 Å². The first-order valence-electron chi connectivity index (χ1n) is 9.95. The van der Waals surface area contributed by atoms with Crippen LogP contribution in [-0.2, 0) is 11.2 Å². The number of methoxy groups -OCH3 is 1. The second kappa shape index (κ2) is 8.41. The summed E-state index contributed by atoms with van der Waals surface area (Å²) in [5.41, 5.74) is 1.81. The molecule has 0 saturated carbocycles. The molecule has 0 radical (unpaired) electrons. The molecule has 0 unspecified atom stereocenters. The van der Waals surface area contributed by atoms with E-state index in [4.69, 9.17) is 4.74 Å². The maximum Gasteiger partial charge on any atom is 0.277 e. The lowest BCUT2D eigenvalue weighted by molar-refractivity contribution is -0.383. The van der Waals surface area contributed by atoms with Crippen LogP contribution in [0.4, 0.5) is 11.4 Å². The maximum atomic E-state index is 13.2. The molecule has 30 heavy (non-hydrogen) atoms. The summed E-state index contributed by atoms with van der Waals surface area (Å²) in [5.74, 6) is 0.755. The van der Waals surface area contributed by atoms with Gasteiger partial charge in [-0.25, -0.2) is 0 Å². The average molecular weight is 405 g/mol. The van der Waals surface area contributed by atoms with Crippen LogP contribution in [0.2, 0.25) is 0 Å². The average Bonchev–Trinajstić information content (AvgIpc) is 2.78. The van der Waals surface area contributed by atoms with E-state index in [1.165, 1.54) is 6.07 Å². The fourth-order valence-corrected chi connectivity index (χ4v) is 3.94. The van der Waals surface area contributed by atoms with Gasteiger partial charge < -0.3 is 4.74 Å². The molecular weight excluding hydrogens is 382 g/mol. The van der Waals surface area contributed by atoms with Gasteiger partial charge >= 0.3 is 0 Å².